The van der Waals surface area contributed by atoms with E-state index < -0.39 is 0 Å². The largest absolute Gasteiger partial charge is 0.310 e. The van der Waals surface area contributed by atoms with Gasteiger partial charge in [0.2, 0.25) is 0 Å². The minimum atomic E-state index is -0.292. The molecule has 0 fully saturated rings. The maximum absolute atomic E-state index is 2.45. The van der Waals surface area contributed by atoms with Crippen LogP contribution in [-0.4, -0.2) is 0 Å². The van der Waals surface area contributed by atoms with E-state index in [0.29, 0.717) is 0 Å². The van der Waals surface area contributed by atoms with Gasteiger partial charge in [-0.3, -0.25) is 0 Å². The van der Waals surface area contributed by atoms with Gasteiger partial charge < -0.3 is 4.90 Å². The minimum Gasteiger partial charge on any atom is -0.310 e. The van der Waals surface area contributed by atoms with E-state index in [1.54, 1.807) is 0 Å². The van der Waals surface area contributed by atoms with Gasteiger partial charge in [-0.15, -0.1) is 0 Å². The molecule has 0 heterocycles. The first kappa shape index (κ1) is 32.7. The van der Waals surface area contributed by atoms with Crippen LogP contribution >= 0.6 is 0 Å². The lowest BCUT2D eigenvalue weighted by Crippen LogP contribution is -2.22. The van der Waals surface area contributed by atoms with E-state index in [2.05, 4.69) is 230 Å². The fourth-order valence-corrected chi connectivity index (χ4v) is 8.78. The lowest BCUT2D eigenvalue weighted by molar-refractivity contribution is 0.714. The molecule has 0 spiro atoms. The topological polar surface area (TPSA) is 3.24 Å². The third-order valence-electron chi connectivity index (χ3n) is 11.6. The van der Waals surface area contributed by atoms with Crippen LogP contribution in [0.5, 0.6) is 0 Å². The van der Waals surface area contributed by atoms with E-state index in [4.69, 9.17) is 0 Å². The van der Waals surface area contributed by atoms with E-state index in [-0.39, 0.29) is 5.41 Å². The standard InChI is InChI=1S/C54H39N/c1-54(44-19-6-3-7-20-44)50-24-13-12-23-49(50)53-51(54)25-14-26-52(53)55(45-33-29-39(30-34-45)43-28-27-38-15-8-9-18-42(38)37-43)46-35-31-41(32-36-46)48-22-11-10-21-47(48)40-16-4-2-5-17-40/h2-37H,1H3. The van der Waals surface area contributed by atoms with Crippen LogP contribution in [0.2, 0.25) is 0 Å². The van der Waals surface area contributed by atoms with Crippen LogP contribution < -0.4 is 4.90 Å². The van der Waals surface area contributed by atoms with Crippen LogP contribution in [0.4, 0.5) is 17.1 Å². The van der Waals surface area contributed by atoms with E-state index in [1.165, 1.54) is 77.7 Å². The smallest absolute Gasteiger partial charge is 0.0543 e. The van der Waals surface area contributed by atoms with E-state index >= 15 is 0 Å². The van der Waals surface area contributed by atoms with Crippen molar-refractivity contribution in [3.8, 4) is 44.5 Å². The third kappa shape index (κ3) is 5.56. The summed E-state index contributed by atoms with van der Waals surface area (Å²) in [4.78, 5) is 2.45. The molecule has 0 aromatic heterocycles. The Morgan fingerprint density at radius 3 is 1.55 bits per heavy atom. The monoisotopic (exact) mass is 701 g/mol. The van der Waals surface area contributed by atoms with Gasteiger partial charge in [0.1, 0.15) is 0 Å². The molecule has 1 nitrogen and oxygen atoms in total. The summed E-state index contributed by atoms with van der Waals surface area (Å²) in [6.07, 6.45) is 0. The van der Waals surface area contributed by atoms with Crippen LogP contribution in [0.3, 0.4) is 0 Å². The molecule has 9 aromatic carbocycles. The number of anilines is 3. The second kappa shape index (κ2) is 13.5. The van der Waals surface area contributed by atoms with Gasteiger partial charge in [0.05, 0.1) is 5.69 Å². The van der Waals surface area contributed by atoms with Crippen molar-refractivity contribution in [2.45, 2.75) is 12.3 Å². The molecule has 1 aliphatic rings. The molecule has 1 heteroatoms. The zero-order chi connectivity index (χ0) is 36.8. The van der Waals surface area contributed by atoms with E-state index in [0.717, 1.165) is 11.4 Å². The maximum atomic E-state index is 2.45. The third-order valence-corrected chi connectivity index (χ3v) is 11.6. The molecular weight excluding hydrogens is 663 g/mol. The van der Waals surface area contributed by atoms with E-state index in [9.17, 15) is 0 Å². The zero-order valence-corrected chi connectivity index (χ0v) is 30.7. The van der Waals surface area contributed by atoms with Gasteiger partial charge in [-0.25, -0.2) is 0 Å². The molecule has 1 unspecified atom stereocenters. The van der Waals surface area contributed by atoms with Crippen LogP contribution in [0.25, 0.3) is 55.3 Å². The Hall–Kier alpha value is -6.96. The van der Waals surface area contributed by atoms with Crippen molar-refractivity contribution >= 4 is 27.8 Å². The predicted molar refractivity (Wildman–Crippen MR) is 232 cm³/mol. The average Bonchev–Trinajstić information content (AvgIpc) is 3.54. The van der Waals surface area contributed by atoms with Gasteiger partial charge in [-0.05, 0) is 110 Å². The van der Waals surface area contributed by atoms with Gasteiger partial charge >= 0.3 is 0 Å². The van der Waals surface area contributed by atoms with Gasteiger partial charge in [0, 0.05) is 22.4 Å². The van der Waals surface area contributed by atoms with Crippen molar-refractivity contribution in [1.29, 1.82) is 0 Å². The maximum Gasteiger partial charge on any atom is 0.0543 e. The number of fused-ring (bicyclic) bond motifs is 4. The Labute approximate surface area is 323 Å². The highest BCUT2D eigenvalue weighted by molar-refractivity contribution is 5.97. The quantitative estimate of drug-likeness (QED) is 0.160. The molecule has 1 aliphatic carbocycles. The number of nitrogens with zero attached hydrogens (tertiary/aromatic N) is 1. The molecule has 55 heavy (non-hydrogen) atoms. The fourth-order valence-electron chi connectivity index (χ4n) is 8.78. The molecule has 260 valence electrons. The van der Waals surface area contributed by atoms with Gasteiger partial charge in [0.25, 0.3) is 0 Å². The lowest BCUT2D eigenvalue weighted by atomic mass is 9.74. The molecule has 10 rings (SSSR count). The Morgan fingerprint density at radius 2 is 0.855 bits per heavy atom. The van der Waals surface area contributed by atoms with Crippen LogP contribution in [0.1, 0.15) is 23.6 Å². The highest BCUT2D eigenvalue weighted by Crippen LogP contribution is 2.56. The van der Waals surface area contributed by atoms with Crippen LogP contribution in [-0.2, 0) is 5.41 Å². The summed E-state index contributed by atoms with van der Waals surface area (Å²) in [7, 11) is 0. The first-order chi connectivity index (χ1) is 27.2. The summed E-state index contributed by atoms with van der Waals surface area (Å²) in [5.74, 6) is 0. The summed E-state index contributed by atoms with van der Waals surface area (Å²) in [6, 6.07) is 79.7. The molecule has 1 atom stereocenters. The van der Waals surface area contributed by atoms with Crippen molar-refractivity contribution in [1.82, 2.24) is 0 Å². The SMILES string of the molecule is CC1(c2ccccc2)c2ccccc2-c2c(N(c3ccc(-c4ccc5ccccc5c4)cc3)c3ccc(-c4ccccc4-c4ccccc4)cc3)cccc21. The average molecular weight is 702 g/mol. The molecule has 0 amide bonds. The summed E-state index contributed by atoms with van der Waals surface area (Å²) in [5, 5.41) is 2.50. The predicted octanol–water partition coefficient (Wildman–Crippen LogP) is 14.6. The second-order valence-electron chi connectivity index (χ2n) is 14.6. The fraction of sp³-hybridized carbons (Fsp3) is 0.0370. The summed E-state index contributed by atoms with van der Waals surface area (Å²) in [6.45, 7) is 2.39. The summed E-state index contributed by atoms with van der Waals surface area (Å²) in [5.41, 5.74) is 16.9. The van der Waals surface area contributed by atoms with Gasteiger partial charge in [0.15, 0.2) is 0 Å². The van der Waals surface area contributed by atoms with Crippen LogP contribution in [0, 0.1) is 0 Å². The lowest BCUT2D eigenvalue weighted by Gasteiger charge is -2.30. The van der Waals surface area contributed by atoms with Crippen molar-refractivity contribution in [3.05, 3.63) is 235 Å². The molecule has 0 radical (unpaired) electrons. The Balaban J connectivity index is 1.14. The molecular formula is C54H39N. The van der Waals surface area contributed by atoms with Gasteiger partial charge in [-0.1, -0.05) is 182 Å². The van der Waals surface area contributed by atoms with Crippen molar-refractivity contribution < 1.29 is 0 Å². The second-order valence-corrected chi connectivity index (χ2v) is 14.6. The number of benzene rings is 9. The first-order valence-electron chi connectivity index (χ1n) is 19.1. The molecule has 0 N–H and O–H groups in total. The van der Waals surface area contributed by atoms with Crippen LogP contribution in [0.15, 0.2) is 218 Å². The number of hydrogen-bond donors (Lipinski definition) is 0. The summed E-state index contributed by atoms with van der Waals surface area (Å²) < 4.78 is 0. The minimum absolute atomic E-state index is 0.292. The van der Waals surface area contributed by atoms with Gasteiger partial charge in [-0.2, -0.15) is 0 Å². The highest BCUT2D eigenvalue weighted by atomic mass is 15.1. The van der Waals surface area contributed by atoms with Crippen molar-refractivity contribution in [3.63, 3.8) is 0 Å². The summed E-state index contributed by atoms with van der Waals surface area (Å²) >= 11 is 0. The van der Waals surface area contributed by atoms with E-state index in [1.807, 2.05) is 0 Å². The Morgan fingerprint density at radius 1 is 0.345 bits per heavy atom. The first-order valence-corrected chi connectivity index (χ1v) is 19.1. The number of rotatable bonds is 7. The Bertz CT molecular complexity index is 2800. The molecule has 0 saturated carbocycles. The number of hydrogen-bond acceptors (Lipinski definition) is 1. The zero-order valence-electron chi connectivity index (χ0n) is 30.7. The Kier molecular flexibility index (Phi) is 8.00. The normalized spacial score (nSPS) is 14.3. The van der Waals surface area contributed by atoms with Crippen molar-refractivity contribution in [2.75, 3.05) is 4.90 Å². The highest BCUT2D eigenvalue weighted by Gasteiger charge is 2.42. The molecule has 0 bridgehead atoms. The van der Waals surface area contributed by atoms with Crippen molar-refractivity contribution in [2.24, 2.45) is 0 Å². The molecule has 9 aromatic rings. The molecule has 0 aliphatic heterocycles. The molecule has 0 saturated heterocycles.